The molecule has 1 heterocycles. The topological polar surface area (TPSA) is 61.4 Å². The van der Waals surface area contributed by atoms with E-state index in [0.29, 0.717) is 11.3 Å². The van der Waals surface area contributed by atoms with E-state index < -0.39 is 10.8 Å². The Morgan fingerprint density at radius 3 is 2.50 bits per heavy atom. The molecular weight excluding hydrogens is 394 g/mol. The van der Waals surface area contributed by atoms with E-state index in [1.54, 1.807) is 0 Å². The molecule has 0 spiro atoms. The zero-order chi connectivity index (χ0) is 21.2. The Labute approximate surface area is 182 Å². The van der Waals surface area contributed by atoms with E-state index in [1.165, 1.54) is 19.3 Å². The first-order valence-corrected chi connectivity index (χ1v) is 12.3. The minimum atomic E-state index is -0.975. The van der Waals surface area contributed by atoms with E-state index in [0.717, 1.165) is 55.3 Å². The number of carbonyl (C=O) groups excluding carboxylic acids is 1. The van der Waals surface area contributed by atoms with Crippen LogP contribution >= 0.6 is 0 Å². The second-order valence-electron chi connectivity index (χ2n) is 7.73. The van der Waals surface area contributed by atoms with E-state index in [4.69, 9.17) is 0 Å². The summed E-state index contributed by atoms with van der Waals surface area (Å²) < 4.78 is 12.4. The number of carbonyl (C=O) groups is 1. The van der Waals surface area contributed by atoms with Gasteiger partial charge in [-0.1, -0.05) is 38.7 Å². The average Bonchev–Trinajstić information content (AvgIpc) is 2.80. The first kappa shape index (κ1) is 22.5. The van der Waals surface area contributed by atoms with E-state index in [1.807, 2.05) is 42.5 Å². The first-order valence-electron chi connectivity index (χ1n) is 11.0. The highest BCUT2D eigenvalue weighted by Gasteiger charge is 2.13. The number of amides is 1. The van der Waals surface area contributed by atoms with Crippen LogP contribution in [0.5, 0.6) is 0 Å². The van der Waals surface area contributed by atoms with Crippen molar-refractivity contribution >= 4 is 28.1 Å². The van der Waals surface area contributed by atoms with Crippen molar-refractivity contribution in [2.24, 2.45) is 0 Å². The van der Waals surface area contributed by atoms with Gasteiger partial charge in [0.15, 0.2) is 0 Å². The second kappa shape index (κ2) is 11.9. The van der Waals surface area contributed by atoms with Crippen molar-refractivity contribution < 1.29 is 9.00 Å². The van der Waals surface area contributed by atoms with Crippen LogP contribution in [-0.4, -0.2) is 42.0 Å². The largest absolute Gasteiger partial charge is 0.369 e. The second-order valence-corrected chi connectivity index (χ2v) is 9.30. The minimum Gasteiger partial charge on any atom is -0.369 e. The Hall–Kier alpha value is -2.18. The van der Waals surface area contributed by atoms with Crippen molar-refractivity contribution in [1.82, 2.24) is 5.32 Å². The monoisotopic (exact) mass is 427 g/mol. The molecule has 1 amide bonds. The molecule has 1 atom stereocenters. The van der Waals surface area contributed by atoms with E-state index in [-0.39, 0.29) is 5.91 Å². The summed E-state index contributed by atoms with van der Waals surface area (Å²) in [6.45, 7) is 6.01. The molecule has 1 fully saturated rings. The lowest BCUT2D eigenvalue weighted by Gasteiger charge is -2.29. The van der Waals surface area contributed by atoms with Gasteiger partial charge in [0.05, 0.1) is 10.8 Å². The summed E-state index contributed by atoms with van der Waals surface area (Å²) >= 11 is 0. The van der Waals surface area contributed by atoms with Crippen LogP contribution in [-0.2, 0) is 10.8 Å². The summed E-state index contributed by atoms with van der Waals surface area (Å²) in [6.07, 6.45) is 5.82. The Morgan fingerprint density at radius 2 is 1.77 bits per heavy atom. The predicted molar refractivity (Wildman–Crippen MR) is 126 cm³/mol. The molecule has 1 aliphatic heterocycles. The lowest BCUT2D eigenvalue weighted by Crippen LogP contribution is -2.43. The summed E-state index contributed by atoms with van der Waals surface area (Å²) in [5, 5.41) is 6.30. The molecule has 5 nitrogen and oxygen atoms in total. The van der Waals surface area contributed by atoms with Gasteiger partial charge in [-0.05, 0) is 48.9 Å². The number of benzene rings is 2. The van der Waals surface area contributed by atoms with Crippen molar-refractivity contribution in [2.75, 3.05) is 42.1 Å². The van der Waals surface area contributed by atoms with Gasteiger partial charge in [0, 0.05) is 53.8 Å². The van der Waals surface area contributed by atoms with Crippen LogP contribution in [0.2, 0.25) is 0 Å². The van der Waals surface area contributed by atoms with Crippen LogP contribution in [0.25, 0.3) is 0 Å². The zero-order valence-corrected chi connectivity index (χ0v) is 18.7. The summed E-state index contributed by atoms with van der Waals surface area (Å²) in [5.74, 6) is 0.575. The molecule has 30 heavy (non-hydrogen) atoms. The summed E-state index contributed by atoms with van der Waals surface area (Å²) in [7, 11) is -0.975. The summed E-state index contributed by atoms with van der Waals surface area (Å²) in [5.41, 5.74) is 2.44. The highest BCUT2D eigenvalue weighted by Crippen LogP contribution is 2.19. The molecule has 2 aromatic carbocycles. The smallest absolute Gasteiger partial charge is 0.255 e. The van der Waals surface area contributed by atoms with Crippen molar-refractivity contribution in [3.63, 3.8) is 0 Å². The predicted octanol–water partition coefficient (Wildman–Crippen LogP) is 4.43. The third-order valence-electron chi connectivity index (χ3n) is 5.40. The summed E-state index contributed by atoms with van der Waals surface area (Å²) in [4.78, 5) is 15.8. The first-order chi connectivity index (χ1) is 14.7. The Kier molecular flexibility index (Phi) is 8.90. The molecule has 162 valence electrons. The van der Waals surface area contributed by atoms with Crippen LogP contribution < -0.4 is 15.5 Å². The molecule has 1 unspecified atom stereocenters. The van der Waals surface area contributed by atoms with Gasteiger partial charge in [0.1, 0.15) is 0 Å². The molecule has 1 saturated heterocycles. The molecule has 1 aliphatic rings. The maximum Gasteiger partial charge on any atom is 0.255 e. The third-order valence-corrected chi connectivity index (χ3v) is 6.86. The Balaban J connectivity index is 1.53. The van der Waals surface area contributed by atoms with Gasteiger partial charge in [0.25, 0.3) is 5.91 Å². The molecule has 0 aromatic heterocycles. The van der Waals surface area contributed by atoms with Gasteiger partial charge in [-0.25, -0.2) is 0 Å². The maximum atomic E-state index is 12.7. The molecule has 2 N–H and O–H groups in total. The standard InChI is InChI=1S/C24H33N3O2S/c1-2-3-4-5-6-18-30(29)23-12-10-21(11-13-23)26-24(28)20-8-7-9-22(19-20)27-16-14-25-15-17-27/h7-13,19,25H,2-6,14-18H2,1H3,(H,26,28). The minimum absolute atomic E-state index is 0.128. The fourth-order valence-corrected chi connectivity index (χ4v) is 4.76. The Bertz CT molecular complexity index is 833. The number of hydrogen-bond acceptors (Lipinski definition) is 4. The fraction of sp³-hybridized carbons (Fsp3) is 0.458. The van der Waals surface area contributed by atoms with Gasteiger partial charge in [-0.3, -0.25) is 9.00 Å². The van der Waals surface area contributed by atoms with Crippen LogP contribution in [0.15, 0.2) is 53.4 Å². The fourth-order valence-electron chi connectivity index (χ4n) is 3.61. The molecular formula is C24H33N3O2S. The zero-order valence-electron chi connectivity index (χ0n) is 17.9. The molecule has 2 aromatic rings. The van der Waals surface area contributed by atoms with Crippen LogP contribution in [0.1, 0.15) is 49.4 Å². The quantitative estimate of drug-likeness (QED) is 0.551. The number of nitrogens with zero attached hydrogens (tertiary/aromatic N) is 1. The normalized spacial score (nSPS) is 15.0. The number of hydrogen-bond donors (Lipinski definition) is 2. The molecule has 0 bridgehead atoms. The highest BCUT2D eigenvalue weighted by molar-refractivity contribution is 7.85. The van der Waals surface area contributed by atoms with Gasteiger partial charge in [-0.2, -0.15) is 0 Å². The maximum absolute atomic E-state index is 12.7. The van der Waals surface area contributed by atoms with Crippen molar-refractivity contribution in [3.05, 3.63) is 54.1 Å². The van der Waals surface area contributed by atoms with E-state index >= 15 is 0 Å². The number of nitrogens with one attached hydrogen (secondary N) is 2. The average molecular weight is 428 g/mol. The number of unbranched alkanes of at least 4 members (excludes halogenated alkanes) is 4. The molecule has 3 rings (SSSR count). The van der Waals surface area contributed by atoms with Crippen LogP contribution in [0, 0.1) is 0 Å². The van der Waals surface area contributed by atoms with Gasteiger partial charge < -0.3 is 15.5 Å². The van der Waals surface area contributed by atoms with Crippen molar-refractivity contribution in [3.8, 4) is 0 Å². The van der Waals surface area contributed by atoms with Crippen LogP contribution in [0.4, 0.5) is 11.4 Å². The molecule has 0 saturated carbocycles. The third kappa shape index (κ3) is 6.67. The SMILES string of the molecule is CCCCCCCS(=O)c1ccc(NC(=O)c2cccc(N3CCNCC3)c2)cc1. The van der Waals surface area contributed by atoms with E-state index in [2.05, 4.69) is 28.5 Å². The van der Waals surface area contributed by atoms with Gasteiger partial charge in [-0.15, -0.1) is 0 Å². The molecule has 0 radical (unpaired) electrons. The number of rotatable bonds is 10. The lowest BCUT2D eigenvalue weighted by atomic mass is 10.1. The van der Waals surface area contributed by atoms with E-state index in [9.17, 15) is 9.00 Å². The number of anilines is 2. The number of piperazine rings is 1. The summed E-state index contributed by atoms with van der Waals surface area (Å²) in [6, 6.07) is 15.1. The molecule has 0 aliphatic carbocycles. The van der Waals surface area contributed by atoms with Crippen molar-refractivity contribution in [2.45, 2.75) is 43.9 Å². The van der Waals surface area contributed by atoms with Gasteiger partial charge in [0.2, 0.25) is 0 Å². The molecule has 6 heteroatoms. The highest BCUT2D eigenvalue weighted by atomic mass is 32.2. The lowest BCUT2D eigenvalue weighted by molar-refractivity contribution is 0.102. The van der Waals surface area contributed by atoms with Crippen LogP contribution in [0.3, 0.4) is 0 Å². The van der Waals surface area contributed by atoms with Gasteiger partial charge >= 0.3 is 0 Å². The Morgan fingerprint density at radius 1 is 1.03 bits per heavy atom. The van der Waals surface area contributed by atoms with Crippen molar-refractivity contribution in [1.29, 1.82) is 0 Å².